The van der Waals surface area contributed by atoms with Crippen LogP contribution in [-0.4, -0.2) is 54.5 Å². The molecule has 0 aromatic heterocycles. The number of hydrogen-bond acceptors (Lipinski definition) is 4. The van der Waals surface area contributed by atoms with E-state index < -0.39 is 0 Å². The number of nitrogens with two attached hydrogens (primary N) is 1. The average molecular weight is 214 g/mol. The number of piperidine rings is 1. The molecule has 4 nitrogen and oxygen atoms in total. The van der Waals surface area contributed by atoms with Crippen LogP contribution >= 0.6 is 0 Å². The number of nitrogens with zero attached hydrogens (tertiary/aromatic N) is 1. The minimum absolute atomic E-state index is 0.0250. The van der Waals surface area contributed by atoms with Crippen molar-refractivity contribution >= 4 is 0 Å². The lowest BCUT2D eigenvalue weighted by Crippen LogP contribution is -2.51. The van der Waals surface area contributed by atoms with E-state index in [-0.39, 0.29) is 11.7 Å². The van der Waals surface area contributed by atoms with Gasteiger partial charge in [0.15, 0.2) is 0 Å². The first-order chi connectivity index (χ1) is 7.24. The quantitative estimate of drug-likeness (QED) is 0.677. The van der Waals surface area contributed by atoms with Crippen LogP contribution in [0.25, 0.3) is 0 Å². The van der Waals surface area contributed by atoms with E-state index in [1.807, 2.05) is 0 Å². The van der Waals surface area contributed by atoms with Gasteiger partial charge in [-0.3, -0.25) is 0 Å². The van der Waals surface area contributed by atoms with Crippen molar-refractivity contribution in [2.75, 3.05) is 32.8 Å². The van der Waals surface area contributed by atoms with Gasteiger partial charge in [0.2, 0.25) is 0 Å². The van der Waals surface area contributed by atoms with Crippen molar-refractivity contribution in [1.82, 2.24) is 4.90 Å². The molecule has 1 spiro atoms. The molecule has 2 heterocycles. The van der Waals surface area contributed by atoms with E-state index in [9.17, 15) is 5.11 Å². The van der Waals surface area contributed by atoms with E-state index in [1.165, 1.54) is 0 Å². The maximum absolute atomic E-state index is 9.68. The van der Waals surface area contributed by atoms with Crippen molar-refractivity contribution in [2.24, 2.45) is 5.73 Å². The maximum atomic E-state index is 9.68. The van der Waals surface area contributed by atoms with E-state index in [1.54, 1.807) is 0 Å². The van der Waals surface area contributed by atoms with Crippen LogP contribution in [0.2, 0.25) is 0 Å². The van der Waals surface area contributed by atoms with Gasteiger partial charge in [0.05, 0.1) is 11.7 Å². The second-order valence-corrected chi connectivity index (χ2v) is 4.81. The van der Waals surface area contributed by atoms with E-state index >= 15 is 0 Å². The zero-order valence-electron chi connectivity index (χ0n) is 9.32. The molecule has 0 amide bonds. The second-order valence-electron chi connectivity index (χ2n) is 4.81. The fraction of sp³-hybridized carbons (Fsp3) is 1.00. The molecule has 0 bridgehead atoms. The van der Waals surface area contributed by atoms with E-state index in [0.29, 0.717) is 0 Å². The highest BCUT2D eigenvalue weighted by Crippen LogP contribution is 2.34. The summed E-state index contributed by atoms with van der Waals surface area (Å²) in [7, 11) is 0. The summed E-state index contributed by atoms with van der Waals surface area (Å²) in [5.41, 5.74) is 5.51. The van der Waals surface area contributed by atoms with Crippen molar-refractivity contribution in [3.63, 3.8) is 0 Å². The Morgan fingerprint density at radius 3 is 2.73 bits per heavy atom. The number of ether oxygens (including phenoxy) is 1. The number of rotatable bonds is 2. The van der Waals surface area contributed by atoms with E-state index in [4.69, 9.17) is 10.5 Å². The molecule has 2 rings (SSSR count). The van der Waals surface area contributed by atoms with Crippen LogP contribution in [0.5, 0.6) is 0 Å². The van der Waals surface area contributed by atoms with Crippen LogP contribution in [0.15, 0.2) is 0 Å². The molecule has 0 aliphatic carbocycles. The highest BCUT2D eigenvalue weighted by Gasteiger charge is 2.39. The molecule has 0 aromatic rings. The Kier molecular flexibility index (Phi) is 3.61. The van der Waals surface area contributed by atoms with Crippen molar-refractivity contribution in [1.29, 1.82) is 0 Å². The zero-order valence-corrected chi connectivity index (χ0v) is 9.32. The molecule has 2 fully saturated rings. The van der Waals surface area contributed by atoms with Crippen LogP contribution in [-0.2, 0) is 4.74 Å². The smallest absolute Gasteiger partial charge is 0.0731 e. The van der Waals surface area contributed by atoms with Crippen molar-refractivity contribution in [3.8, 4) is 0 Å². The van der Waals surface area contributed by atoms with E-state index in [2.05, 4.69) is 4.90 Å². The van der Waals surface area contributed by atoms with Gasteiger partial charge >= 0.3 is 0 Å². The number of aliphatic hydroxyl groups is 1. The Morgan fingerprint density at radius 2 is 2.13 bits per heavy atom. The van der Waals surface area contributed by atoms with Gasteiger partial charge in [-0.05, 0) is 19.3 Å². The molecule has 2 saturated heterocycles. The van der Waals surface area contributed by atoms with Gasteiger partial charge in [0.1, 0.15) is 0 Å². The predicted octanol–water partition coefficient (Wildman–Crippen LogP) is -0.0490. The molecule has 2 aliphatic rings. The molecule has 3 N–H and O–H groups in total. The third-order valence-electron chi connectivity index (χ3n) is 3.68. The molecule has 0 radical (unpaired) electrons. The molecule has 88 valence electrons. The molecular weight excluding hydrogens is 192 g/mol. The molecule has 4 heteroatoms. The Labute approximate surface area is 91.4 Å². The fourth-order valence-corrected chi connectivity index (χ4v) is 2.72. The van der Waals surface area contributed by atoms with Crippen LogP contribution in [0, 0.1) is 0 Å². The third-order valence-corrected chi connectivity index (χ3v) is 3.68. The minimum atomic E-state index is -0.153. The summed E-state index contributed by atoms with van der Waals surface area (Å²) in [5.74, 6) is 0. The molecule has 0 aromatic carbocycles. The van der Waals surface area contributed by atoms with Gasteiger partial charge < -0.3 is 20.5 Å². The normalized spacial score (nSPS) is 32.0. The van der Waals surface area contributed by atoms with Crippen LogP contribution in [0.4, 0.5) is 0 Å². The van der Waals surface area contributed by atoms with Gasteiger partial charge in [-0.1, -0.05) is 0 Å². The van der Waals surface area contributed by atoms with Gasteiger partial charge in [0, 0.05) is 39.2 Å². The summed E-state index contributed by atoms with van der Waals surface area (Å²) in [6.07, 6.45) is 3.56. The van der Waals surface area contributed by atoms with Gasteiger partial charge in [0.25, 0.3) is 0 Å². The standard InChI is InChI=1S/C11H22N2O2/c12-4-7-13-5-2-11(3-6-13)9-10(14)1-8-15-11/h10,14H,1-9,12H2/t10-/m0/s1. The molecule has 2 aliphatic heterocycles. The highest BCUT2D eigenvalue weighted by molar-refractivity contribution is 4.92. The number of hydrogen-bond donors (Lipinski definition) is 2. The molecule has 15 heavy (non-hydrogen) atoms. The Balaban J connectivity index is 1.85. The van der Waals surface area contributed by atoms with E-state index in [0.717, 1.165) is 58.5 Å². The lowest BCUT2D eigenvalue weighted by atomic mass is 9.83. The van der Waals surface area contributed by atoms with Crippen LogP contribution in [0.3, 0.4) is 0 Å². The molecule has 0 unspecified atom stereocenters. The molecule has 1 atom stereocenters. The SMILES string of the molecule is NCCN1CCC2(CC1)C[C@@H](O)CCO2. The highest BCUT2D eigenvalue weighted by atomic mass is 16.5. The van der Waals surface area contributed by atoms with Crippen LogP contribution in [0.1, 0.15) is 25.7 Å². The Hall–Kier alpha value is -0.160. The Bertz CT molecular complexity index is 203. The van der Waals surface area contributed by atoms with Gasteiger partial charge in [-0.25, -0.2) is 0 Å². The zero-order chi connectivity index (χ0) is 10.7. The summed E-state index contributed by atoms with van der Waals surface area (Å²) >= 11 is 0. The summed E-state index contributed by atoms with van der Waals surface area (Å²) in [5, 5.41) is 9.68. The van der Waals surface area contributed by atoms with Crippen LogP contribution < -0.4 is 5.73 Å². The molecule has 0 saturated carbocycles. The van der Waals surface area contributed by atoms with Crippen molar-refractivity contribution in [3.05, 3.63) is 0 Å². The summed E-state index contributed by atoms with van der Waals surface area (Å²) < 4.78 is 5.89. The van der Waals surface area contributed by atoms with Crippen molar-refractivity contribution < 1.29 is 9.84 Å². The number of likely N-dealkylation sites (tertiary alicyclic amines) is 1. The van der Waals surface area contributed by atoms with Gasteiger partial charge in [-0.15, -0.1) is 0 Å². The first-order valence-corrected chi connectivity index (χ1v) is 5.99. The minimum Gasteiger partial charge on any atom is -0.393 e. The predicted molar refractivity (Wildman–Crippen MR) is 58.7 cm³/mol. The average Bonchev–Trinajstić information content (AvgIpc) is 2.22. The summed E-state index contributed by atoms with van der Waals surface area (Å²) in [6, 6.07) is 0. The lowest BCUT2D eigenvalue weighted by molar-refractivity contribution is -0.142. The first kappa shape index (κ1) is 11.3. The van der Waals surface area contributed by atoms with Gasteiger partial charge in [-0.2, -0.15) is 0 Å². The van der Waals surface area contributed by atoms with Crippen molar-refractivity contribution in [2.45, 2.75) is 37.4 Å². The third kappa shape index (κ3) is 2.69. The Morgan fingerprint density at radius 1 is 1.40 bits per heavy atom. The lowest BCUT2D eigenvalue weighted by Gasteiger charge is -2.45. The summed E-state index contributed by atoms with van der Waals surface area (Å²) in [6.45, 7) is 4.56. The monoisotopic (exact) mass is 214 g/mol. The first-order valence-electron chi connectivity index (χ1n) is 5.99. The maximum Gasteiger partial charge on any atom is 0.0731 e. The fourth-order valence-electron chi connectivity index (χ4n) is 2.72. The summed E-state index contributed by atoms with van der Waals surface area (Å²) in [4.78, 5) is 2.38. The molecular formula is C11H22N2O2. The topological polar surface area (TPSA) is 58.7 Å². The largest absolute Gasteiger partial charge is 0.393 e. The number of aliphatic hydroxyl groups excluding tert-OH is 1. The second kappa shape index (κ2) is 4.78.